The first-order valence-corrected chi connectivity index (χ1v) is 8.17. The molecular weight excluding hydrogens is 296 g/mol. The minimum atomic E-state index is -0.0324. The van der Waals surface area contributed by atoms with E-state index in [0.29, 0.717) is 21.3 Å². The van der Waals surface area contributed by atoms with Gasteiger partial charge in [-0.15, -0.1) is 0 Å². The van der Waals surface area contributed by atoms with E-state index in [0.717, 1.165) is 18.4 Å². The summed E-state index contributed by atoms with van der Waals surface area (Å²) < 4.78 is 0. The van der Waals surface area contributed by atoms with Crippen molar-refractivity contribution in [2.24, 2.45) is 0 Å². The zero-order valence-electron chi connectivity index (χ0n) is 12.9. The number of thiazole rings is 1. The summed E-state index contributed by atoms with van der Waals surface area (Å²) in [5.41, 5.74) is 2.43. The molecule has 1 aromatic heterocycles. The van der Waals surface area contributed by atoms with Crippen LogP contribution in [0.15, 0.2) is 24.3 Å². The summed E-state index contributed by atoms with van der Waals surface area (Å²) in [6, 6.07) is 7.79. The van der Waals surface area contributed by atoms with Gasteiger partial charge in [0.05, 0.1) is 10.6 Å². The average molecular weight is 314 g/mol. The molecule has 0 aliphatic heterocycles. The lowest BCUT2D eigenvalue weighted by Gasteiger charge is -2.19. The quantitative estimate of drug-likeness (QED) is 0.807. The number of benzene rings is 1. The van der Waals surface area contributed by atoms with Gasteiger partial charge in [0.15, 0.2) is 10.9 Å². The van der Waals surface area contributed by atoms with Crippen LogP contribution >= 0.6 is 11.3 Å². The molecule has 4 nitrogen and oxygen atoms in total. The molecule has 1 amide bonds. The maximum absolute atomic E-state index is 12.9. The van der Waals surface area contributed by atoms with Crippen LogP contribution in [-0.4, -0.2) is 22.7 Å². The highest BCUT2D eigenvalue weighted by molar-refractivity contribution is 7.17. The first kappa shape index (κ1) is 14.9. The third kappa shape index (κ3) is 2.81. The summed E-state index contributed by atoms with van der Waals surface area (Å²) in [5.74, 6) is -0.0324. The zero-order valence-corrected chi connectivity index (χ0v) is 13.7. The second-order valence-corrected chi connectivity index (χ2v) is 6.72. The molecule has 22 heavy (non-hydrogen) atoms. The van der Waals surface area contributed by atoms with Crippen LogP contribution in [0.4, 0.5) is 5.13 Å². The van der Waals surface area contributed by atoms with Crippen molar-refractivity contribution in [3.05, 3.63) is 46.0 Å². The summed E-state index contributed by atoms with van der Waals surface area (Å²) >= 11 is 1.32. The Kier molecular flexibility index (Phi) is 3.83. The van der Waals surface area contributed by atoms with Crippen LogP contribution in [0.2, 0.25) is 0 Å². The second kappa shape index (κ2) is 5.65. The van der Waals surface area contributed by atoms with E-state index < -0.39 is 0 Å². The first-order chi connectivity index (χ1) is 10.5. The monoisotopic (exact) mass is 314 g/mol. The van der Waals surface area contributed by atoms with E-state index in [2.05, 4.69) is 4.98 Å². The summed E-state index contributed by atoms with van der Waals surface area (Å²) in [5, 5.41) is 0.636. The number of hydrogen-bond donors (Lipinski definition) is 0. The molecule has 0 radical (unpaired) electrons. The van der Waals surface area contributed by atoms with Gasteiger partial charge in [-0.3, -0.25) is 14.5 Å². The van der Waals surface area contributed by atoms with Gasteiger partial charge in [-0.1, -0.05) is 29.0 Å². The maximum Gasteiger partial charge on any atom is 0.260 e. The van der Waals surface area contributed by atoms with Crippen LogP contribution in [0.5, 0.6) is 0 Å². The summed E-state index contributed by atoms with van der Waals surface area (Å²) in [7, 11) is 0. The molecule has 3 rings (SSSR count). The Bertz CT molecular complexity index is 747. The van der Waals surface area contributed by atoms with E-state index in [1.54, 1.807) is 4.90 Å². The highest BCUT2D eigenvalue weighted by Crippen LogP contribution is 2.36. The summed E-state index contributed by atoms with van der Waals surface area (Å²) in [6.07, 6.45) is 1.98. The van der Waals surface area contributed by atoms with E-state index >= 15 is 0 Å². The number of amides is 1. The van der Waals surface area contributed by atoms with Gasteiger partial charge in [0.2, 0.25) is 0 Å². The second-order valence-electron chi connectivity index (χ2n) is 5.74. The zero-order chi connectivity index (χ0) is 15.9. The molecule has 0 atom stereocenters. The minimum Gasteiger partial charge on any atom is -0.294 e. The molecule has 1 aromatic carbocycles. The number of carbonyl (C=O) groups excluding carboxylic acids is 2. The van der Waals surface area contributed by atoms with Crippen LogP contribution in [0, 0.1) is 13.8 Å². The molecule has 114 valence electrons. The van der Waals surface area contributed by atoms with E-state index in [1.165, 1.54) is 18.3 Å². The predicted octanol–water partition coefficient (Wildman–Crippen LogP) is 3.77. The standard InChI is InChI=1S/C17H18N2O2S/c1-10-5-4-6-13(9-10)16(21)19(14-7-8-14)17-18-11(2)15(22-17)12(3)20/h4-6,9,14H,7-8H2,1-3H3. The smallest absolute Gasteiger partial charge is 0.260 e. The van der Waals surface area contributed by atoms with Crippen LogP contribution in [0.3, 0.4) is 0 Å². The summed E-state index contributed by atoms with van der Waals surface area (Å²) in [4.78, 5) is 31.4. The van der Waals surface area contributed by atoms with Gasteiger partial charge in [0.1, 0.15) is 0 Å². The maximum atomic E-state index is 12.9. The number of nitrogens with zero attached hydrogens (tertiary/aromatic N) is 2. The van der Waals surface area contributed by atoms with E-state index in [1.807, 2.05) is 38.1 Å². The number of aryl methyl sites for hydroxylation is 2. The van der Waals surface area contributed by atoms with Gasteiger partial charge >= 0.3 is 0 Å². The minimum absolute atomic E-state index is 0.00000136. The van der Waals surface area contributed by atoms with Crippen molar-refractivity contribution in [3.8, 4) is 0 Å². The number of carbonyl (C=O) groups is 2. The lowest BCUT2D eigenvalue weighted by molar-refractivity contribution is 0.0983. The fraction of sp³-hybridized carbons (Fsp3) is 0.353. The Morgan fingerprint density at radius 1 is 1.27 bits per heavy atom. The largest absolute Gasteiger partial charge is 0.294 e. The summed E-state index contributed by atoms with van der Waals surface area (Å²) in [6.45, 7) is 5.33. The van der Waals surface area contributed by atoms with Crippen molar-refractivity contribution < 1.29 is 9.59 Å². The van der Waals surface area contributed by atoms with Crippen molar-refractivity contribution in [1.82, 2.24) is 4.98 Å². The first-order valence-electron chi connectivity index (χ1n) is 7.36. The van der Waals surface area contributed by atoms with Gasteiger partial charge in [0, 0.05) is 18.5 Å². The third-order valence-electron chi connectivity index (χ3n) is 3.71. The van der Waals surface area contributed by atoms with Gasteiger partial charge in [-0.25, -0.2) is 4.98 Å². The van der Waals surface area contributed by atoms with E-state index in [9.17, 15) is 9.59 Å². The molecule has 1 aliphatic carbocycles. The fourth-order valence-electron chi connectivity index (χ4n) is 2.47. The lowest BCUT2D eigenvalue weighted by atomic mass is 10.1. The Labute approximate surface area is 133 Å². The van der Waals surface area contributed by atoms with E-state index in [4.69, 9.17) is 0 Å². The molecule has 1 fully saturated rings. The fourth-order valence-corrected chi connectivity index (χ4v) is 3.50. The van der Waals surface area contributed by atoms with Gasteiger partial charge in [0.25, 0.3) is 5.91 Å². The van der Waals surface area contributed by atoms with Gasteiger partial charge in [-0.2, -0.15) is 0 Å². The molecule has 5 heteroatoms. The third-order valence-corrected chi connectivity index (χ3v) is 4.96. The molecular formula is C17H18N2O2S. The number of anilines is 1. The molecule has 1 aliphatic rings. The molecule has 0 saturated heterocycles. The topological polar surface area (TPSA) is 50.3 Å². The molecule has 2 aromatic rings. The van der Waals surface area contributed by atoms with E-state index in [-0.39, 0.29) is 17.7 Å². The van der Waals surface area contributed by atoms with Crippen LogP contribution in [-0.2, 0) is 0 Å². The Morgan fingerprint density at radius 3 is 2.55 bits per heavy atom. The van der Waals surface area contributed by atoms with Crippen LogP contribution in [0.1, 0.15) is 51.1 Å². The average Bonchev–Trinajstić information content (AvgIpc) is 3.21. The van der Waals surface area contributed by atoms with Crippen molar-refractivity contribution in [2.75, 3.05) is 4.90 Å². The number of Topliss-reactive ketones (excluding diaryl/α,β-unsaturated/α-hetero) is 1. The number of hydrogen-bond acceptors (Lipinski definition) is 4. The van der Waals surface area contributed by atoms with Crippen molar-refractivity contribution in [3.63, 3.8) is 0 Å². The molecule has 0 bridgehead atoms. The van der Waals surface area contributed by atoms with Crippen molar-refractivity contribution in [1.29, 1.82) is 0 Å². The Hall–Kier alpha value is -2.01. The Morgan fingerprint density at radius 2 is 2.00 bits per heavy atom. The number of ketones is 1. The molecule has 1 heterocycles. The van der Waals surface area contributed by atoms with Gasteiger partial charge in [-0.05, 0) is 38.8 Å². The SMILES string of the molecule is CC(=O)c1sc(N(C(=O)c2cccc(C)c2)C2CC2)nc1C. The lowest BCUT2D eigenvalue weighted by Crippen LogP contribution is -2.33. The molecule has 0 N–H and O–H groups in total. The van der Waals surface area contributed by atoms with Crippen LogP contribution < -0.4 is 4.90 Å². The highest BCUT2D eigenvalue weighted by Gasteiger charge is 2.36. The van der Waals surface area contributed by atoms with Crippen LogP contribution in [0.25, 0.3) is 0 Å². The van der Waals surface area contributed by atoms with Crippen molar-refractivity contribution >= 4 is 28.2 Å². The molecule has 1 saturated carbocycles. The number of rotatable bonds is 4. The Balaban J connectivity index is 1.98. The highest BCUT2D eigenvalue weighted by atomic mass is 32.1. The number of aromatic nitrogens is 1. The molecule has 0 spiro atoms. The molecule has 0 unspecified atom stereocenters. The van der Waals surface area contributed by atoms with Crippen molar-refractivity contribution in [2.45, 2.75) is 39.7 Å². The van der Waals surface area contributed by atoms with Gasteiger partial charge < -0.3 is 0 Å². The predicted molar refractivity (Wildman–Crippen MR) is 87.9 cm³/mol. The normalized spacial score (nSPS) is 14.0.